The van der Waals surface area contributed by atoms with Crippen molar-refractivity contribution in [2.45, 2.75) is 0 Å². The Bertz CT molecular complexity index is 1170. The number of methoxy groups -OCH3 is 2. The molecule has 0 fully saturated rings. The fraction of sp³-hybridized carbons (Fsp3) is 0.0833. The second kappa shape index (κ2) is 8.40. The first-order valence-corrected chi connectivity index (χ1v) is 12.7. The average molecular weight is 467 g/mol. The maximum atomic E-state index is 5.73. The minimum Gasteiger partial charge on any atom is -0.496 e. The summed E-state index contributed by atoms with van der Waals surface area (Å²) >= 11 is 7.10. The molecule has 0 aliphatic rings. The molecule has 1 aromatic carbocycles. The molecule has 0 saturated heterocycles. The van der Waals surface area contributed by atoms with E-state index < -0.39 is 0 Å². The van der Waals surface area contributed by atoms with Crippen LogP contribution in [0.25, 0.3) is 40.4 Å². The fourth-order valence-corrected chi connectivity index (χ4v) is 7.07. The quantitative estimate of drug-likeness (QED) is 0.249. The highest BCUT2D eigenvalue weighted by Gasteiger charge is 2.18. The molecule has 0 N–H and O–H groups in total. The second-order valence-corrected chi connectivity index (χ2v) is 10.6. The molecule has 0 unspecified atom stereocenters. The lowest BCUT2D eigenvalue weighted by atomic mass is 10.1. The monoisotopic (exact) mass is 466 g/mol. The van der Waals surface area contributed by atoms with Gasteiger partial charge in [-0.25, -0.2) is 0 Å². The Kier molecular flexibility index (Phi) is 5.48. The predicted octanol–water partition coefficient (Wildman–Crippen LogP) is 8.62. The van der Waals surface area contributed by atoms with Crippen molar-refractivity contribution >= 4 is 45.3 Å². The fourth-order valence-electron chi connectivity index (χ4n) is 3.35. The Balaban J connectivity index is 1.60. The van der Waals surface area contributed by atoms with E-state index in [-0.39, 0.29) is 0 Å². The standard InChI is InChI=1S/C24H18O2S4/c1-25-17-14-18(26-2)16(20-8-10-24(30-20)22-6-4-12-28-22)13-15(17)19-7-9-23(29-19)21-5-3-11-27-21/h3-14H,1-2H3. The highest BCUT2D eigenvalue weighted by atomic mass is 32.1. The van der Waals surface area contributed by atoms with Crippen molar-refractivity contribution in [3.63, 3.8) is 0 Å². The zero-order valence-corrected chi connectivity index (χ0v) is 19.6. The van der Waals surface area contributed by atoms with Crippen LogP contribution in [0.2, 0.25) is 0 Å². The van der Waals surface area contributed by atoms with Gasteiger partial charge in [0.15, 0.2) is 0 Å². The summed E-state index contributed by atoms with van der Waals surface area (Å²) in [6.07, 6.45) is 0. The van der Waals surface area contributed by atoms with E-state index in [1.165, 1.54) is 29.3 Å². The third-order valence-electron chi connectivity index (χ3n) is 4.79. The van der Waals surface area contributed by atoms with Gasteiger partial charge in [0, 0.05) is 46.5 Å². The van der Waals surface area contributed by atoms with Gasteiger partial charge < -0.3 is 9.47 Å². The van der Waals surface area contributed by atoms with Gasteiger partial charge in [0.1, 0.15) is 11.5 Å². The summed E-state index contributed by atoms with van der Waals surface area (Å²) in [5.74, 6) is 1.65. The van der Waals surface area contributed by atoms with Crippen LogP contribution in [0.3, 0.4) is 0 Å². The Hall–Kier alpha value is -2.38. The first-order chi connectivity index (χ1) is 14.8. The highest BCUT2D eigenvalue weighted by Crippen LogP contribution is 2.47. The molecule has 0 atom stereocenters. The molecule has 0 amide bonds. The van der Waals surface area contributed by atoms with Crippen molar-refractivity contribution in [2.24, 2.45) is 0 Å². The molecule has 2 nitrogen and oxygen atoms in total. The minimum absolute atomic E-state index is 0.824. The van der Waals surface area contributed by atoms with Crippen LogP contribution in [-0.4, -0.2) is 14.2 Å². The van der Waals surface area contributed by atoms with Gasteiger partial charge in [-0.2, -0.15) is 0 Å². The van der Waals surface area contributed by atoms with E-state index in [1.807, 2.05) is 6.07 Å². The van der Waals surface area contributed by atoms with E-state index in [1.54, 1.807) is 59.6 Å². The van der Waals surface area contributed by atoms with Gasteiger partial charge in [0.25, 0.3) is 0 Å². The molecular weight excluding hydrogens is 449 g/mol. The molecule has 0 spiro atoms. The lowest BCUT2D eigenvalue weighted by Gasteiger charge is -2.13. The van der Waals surface area contributed by atoms with Gasteiger partial charge >= 0.3 is 0 Å². The van der Waals surface area contributed by atoms with E-state index in [9.17, 15) is 0 Å². The molecule has 0 aliphatic carbocycles. The number of rotatable bonds is 6. The van der Waals surface area contributed by atoms with Crippen LogP contribution < -0.4 is 9.47 Å². The molecule has 0 radical (unpaired) electrons. The molecule has 30 heavy (non-hydrogen) atoms. The summed E-state index contributed by atoms with van der Waals surface area (Å²) in [6, 6.07) is 21.4. The molecule has 5 aromatic rings. The Labute approximate surface area is 191 Å². The predicted molar refractivity (Wildman–Crippen MR) is 133 cm³/mol. The lowest BCUT2D eigenvalue weighted by molar-refractivity contribution is 0.396. The summed E-state index contributed by atoms with van der Waals surface area (Å²) in [4.78, 5) is 7.50. The van der Waals surface area contributed by atoms with Crippen LogP contribution in [0.4, 0.5) is 0 Å². The van der Waals surface area contributed by atoms with Crippen molar-refractivity contribution in [1.82, 2.24) is 0 Å². The van der Waals surface area contributed by atoms with Gasteiger partial charge in [-0.15, -0.1) is 45.3 Å². The van der Waals surface area contributed by atoms with Crippen LogP contribution >= 0.6 is 45.3 Å². The number of benzene rings is 1. The summed E-state index contributed by atoms with van der Waals surface area (Å²) in [5, 5.41) is 4.23. The van der Waals surface area contributed by atoms with E-state index in [0.29, 0.717) is 0 Å². The maximum Gasteiger partial charge on any atom is 0.131 e. The molecule has 4 heterocycles. The van der Waals surface area contributed by atoms with Crippen molar-refractivity contribution in [3.05, 3.63) is 71.4 Å². The van der Waals surface area contributed by atoms with Gasteiger partial charge in [0.05, 0.1) is 14.2 Å². The Morgan fingerprint density at radius 2 is 1.00 bits per heavy atom. The van der Waals surface area contributed by atoms with E-state index in [4.69, 9.17) is 9.47 Å². The van der Waals surface area contributed by atoms with E-state index in [0.717, 1.165) is 22.6 Å². The second-order valence-electron chi connectivity index (χ2n) is 6.54. The lowest BCUT2D eigenvalue weighted by Crippen LogP contribution is -1.92. The summed E-state index contributed by atoms with van der Waals surface area (Å²) < 4.78 is 11.5. The molecule has 5 rings (SSSR count). The average Bonchev–Trinajstić information content (AvgIpc) is 3.58. The van der Waals surface area contributed by atoms with Crippen LogP contribution in [0.15, 0.2) is 71.4 Å². The van der Waals surface area contributed by atoms with Crippen molar-refractivity contribution < 1.29 is 9.47 Å². The van der Waals surface area contributed by atoms with Gasteiger partial charge in [-0.1, -0.05) is 12.1 Å². The maximum absolute atomic E-state index is 5.73. The summed E-state index contributed by atoms with van der Waals surface area (Å²) in [6.45, 7) is 0. The van der Waals surface area contributed by atoms with Gasteiger partial charge in [0.2, 0.25) is 0 Å². The summed E-state index contributed by atoms with van der Waals surface area (Å²) in [5.41, 5.74) is 2.18. The third kappa shape index (κ3) is 3.61. The molecule has 4 aromatic heterocycles. The first kappa shape index (κ1) is 19.6. The van der Waals surface area contributed by atoms with Crippen molar-refractivity contribution in [1.29, 1.82) is 0 Å². The Morgan fingerprint density at radius 1 is 0.533 bits per heavy atom. The zero-order chi connectivity index (χ0) is 20.5. The largest absolute Gasteiger partial charge is 0.496 e. The van der Waals surface area contributed by atoms with Crippen molar-refractivity contribution in [3.8, 4) is 51.9 Å². The number of hydrogen-bond acceptors (Lipinski definition) is 6. The molecule has 0 bridgehead atoms. The van der Waals surface area contributed by atoms with Crippen LogP contribution in [0, 0.1) is 0 Å². The molecule has 0 saturated carbocycles. The van der Waals surface area contributed by atoms with Crippen LogP contribution in [0.5, 0.6) is 11.5 Å². The molecule has 6 heteroatoms. The topological polar surface area (TPSA) is 18.5 Å². The number of hydrogen-bond donors (Lipinski definition) is 0. The smallest absolute Gasteiger partial charge is 0.131 e. The van der Waals surface area contributed by atoms with Gasteiger partial charge in [-0.3, -0.25) is 0 Å². The molecule has 0 aliphatic heterocycles. The minimum atomic E-state index is 0.824. The number of ether oxygens (including phenoxy) is 2. The van der Waals surface area contributed by atoms with Crippen molar-refractivity contribution in [2.75, 3.05) is 14.2 Å². The SMILES string of the molecule is COc1cc(OC)c(-c2ccc(-c3cccs3)s2)cc1-c1ccc(-c2cccs2)s1. The first-order valence-electron chi connectivity index (χ1n) is 9.31. The third-order valence-corrected chi connectivity index (χ3v) is 9.16. The Morgan fingerprint density at radius 3 is 1.40 bits per heavy atom. The normalized spacial score (nSPS) is 11.0. The van der Waals surface area contributed by atoms with Crippen LogP contribution in [-0.2, 0) is 0 Å². The molecular formula is C24H18O2S4. The molecule has 150 valence electrons. The number of thiophene rings is 4. The highest BCUT2D eigenvalue weighted by molar-refractivity contribution is 7.24. The van der Waals surface area contributed by atoms with E-state index in [2.05, 4.69) is 65.4 Å². The van der Waals surface area contributed by atoms with Gasteiger partial charge in [-0.05, 0) is 53.2 Å². The zero-order valence-electron chi connectivity index (χ0n) is 16.4. The van der Waals surface area contributed by atoms with E-state index >= 15 is 0 Å². The summed E-state index contributed by atoms with van der Waals surface area (Å²) in [7, 11) is 3.43. The van der Waals surface area contributed by atoms with Crippen LogP contribution in [0.1, 0.15) is 0 Å².